The molecular weight excluding hydrogens is 290 g/mol. The number of aliphatic hydroxyl groups is 1. The van der Waals surface area contributed by atoms with Gasteiger partial charge >= 0.3 is 0 Å². The quantitative estimate of drug-likeness (QED) is 0.838. The Kier molecular flexibility index (Phi) is 5.16. The third-order valence-electron chi connectivity index (χ3n) is 5.05. The number of carbonyl (C=O) groups is 1. The van der Waals surface area contributed by atoms with Crippen molar-refractivity contribution in [3.8, 4) is 0 Å². The first-order valence-corrected chi connectivity index (χ1v) is 8.88. The van der Waals surface area contributed by atoms with Gasteiger partial charge < -0.3 is 15.3 Å². The number of hydrogen-bond donors (Lipinski definition) is 2. The summed E-state index contributed by atoms with van der Waals surface area (Å²) in [4.78, 5) is 18.9. The summed E-state index contributed by atoms with van der Waals surface area (Å²) in [7, 11) is 0. The predicted molar refractivity (Wildman–Crippen MR) is 90.7 cm³/mol. The molecule has 126 valence electrons. The highest BCUT2D eigenvalue weighted by atomic mass is 16.3. The number of nitrogens with zero attached hydrogens (tertiary/aromatic N) is 2. The van der Waals surface area contributed by atoms with Crippen LogP contribution in [-0.2, 0) is 0 Å². The Balaban J connectivity index is 1.55. The topological polar surface area (TPSA) is 65.5 Å². The van der Waals surface area contributed by atoms with Crippen LogP contribution in [0.4, 0.5) is 5.82 Å². The fraction of sp³-hybridized carbons (Fsp3) is 0.667. The summed E-state index contributed by atoms with van der Waals surface area (Å²) < 4.78 is 0. The minimum Gasteiger partial charge on any atom is -0.388 e. The Bertz CT molecular complexity index is 516. The average molecular weight is 317 g/mol. The molecule has 1 aromatic rings. The SMILES string of the molecule is O=C(NCC1(O)CCCCCC1)c1ccc(N2CCCC2)nc1. The van der Waals surface area contributed by atoms with Crippen molar-refractivity contribution in [3.05, 3.63) is 23.9 Å². The third-order valence-corrected chi connectivity index (χ3v) is 5.05. The zero-order valence-electron chi connectivity index (χ0n) is 13.8. The molecule has 0 radical (unpaired) electrons. The van der Waals surface area contributed by atoms with Gasteiger partial charge in [0, 0.05) is 25.8 Å². The van der Waals surface area contributed by atoms with Gasteiger partial charge in [0.05, 0.1) is 11.2 Å². The van der Waals surface area contributed by atoms with E-state index < -0.39 is 5.60 Å². The summed E-state index contributed by atoms with van der Waals surface area (Å²) in [6.45, 7) is 2.43. The van der Waals surface area contributed by atoms with Crippen LogP contribution < -0.4 is 10.2 Å². The van der Waals surface area contributed by atoms with Crippen molar-refractivity contribution in [2.45, 2.75) is 57.0 Å². The molecule has 0 atom stereocenters. The van der Waals surface area contributed by atoms with Gasteiger partial charge in [-0.25, -0.2) is 4.98 Å². The zero-order chi connectivity index (χ0) is 16.1. The van der Waals surface area contributed by atoms with Gasteiger partial charge in [-0.2, -0.15) is 0 Å². The smallest absolute Gasteiger partial charge is 0.252 e. The van der Waals surface area contributed by atoms with Gasteiger partial charge in [0.1, 0.15) is 5.82 Å². The summed E-state index contributed by atoms with van der Waals surface area (Å²) in [6.07, 6.45) is 10.1. The van der Waals surface area contributed by atoms with Gasteiger partial charge in [0.2, 0.25) is 0 Å². The molecule has 2 fully saturated rings. The minimum absolute atomic E-state index is 0.150. The van der Waals surface area contributed by atoms with E-state index in [9.17, 15) is 9.90 Å². The molecule has 1 aliphatic heterocycles. The fourth-order valence-corrected chi connectivity index (χ4v) is 3.56. The Morgan fingerprint density at radius 2 is 1.83 bits per heavy atom. The Hall–Kier alpha value is -1.62. The summed E-state index contributed by atoms with van der Waals surface area (Å²) in [6, 6.07) is 3.74. The van der Waals surface area contributed by atoms with Crippen LogP contribution in [0.25, 0.3) is 0 Å². The van der Waals surface area contributed by atoms with E-state index in [1.54, 1.807) is 6.20 Å². The lowest BCUT2D eigenvalue weighted by Gasteiger charge is -2.26. The van der Waals surface area contributed by atoms with Crippen LogP contribution in [-0.4, -0.2) is 41.2 Å². The highest BCUT2D eigenvalue weighted by Crippen LogP contribution is 2.26. The number of hydrogen-bond acceptors (Lipinski definition) is 4. The molecule has 23 heavy (non-hydrogen) atoms. The molecule has 0 bridgehead atoms. The lowest BCUT2D eigenvalue weighted by atomic mass is 9.94. The summed E-state index contributed by atoms with van der Waals surface area (Å²) in [5, 5.41) is 13.5. The number of nitrogens with one attached hydrogen (secondary N) is 1. The first-order chi connectivity index (χ1) is 11.2. The standard InChI is InChI=1S/C18H27N3O2/c22-17(20-14-18(23)9-3-1-2-4-10-18)15-7-8-16(19-13-15)21-11-5-6-12-21/h7-8,13,23H,1-6,9-12,14H2,(H,20,22). The van der Waals surface area contributed by atoms with Gasteiger partial charge in [0.15, 0.2) is 0 Å². The second kappa shape index (κ2) is 7.30. The van der Waals surface area contributed by atoms with Crippen LogP contribution in [0.1, 0.15) is 61.7 Å². The van der Waals surface area contributed by atoms with Crippen LogP contribution in [0.15, 0.2) is 18.3 Å². The Morgan fingerprint density at radius 3 is 2.43 bits per heavy atom. The van der Waals surface area contributed by atoms with Crippen LogP contribution in [0.5, 0.6) is 0 Å². The Labute approximate surface area is 138 Å². The lowest BCUT2D eigenvalue weighted by molar-refractivity contribution is 0.0246. The molecular formula is C18H27N3O2. The largest absolute Gasteiger partial charge is 0.388 e. The maximum absolute atomic E-state index is 12.3. The van der Waals surface area contributed by atoms with Crippen molar-refractivity contribution >= 4 is 11.7 Å². The Morgan fingerprint density at radius 1 is 1.13 bits per heavy atom. The predicted octanol–water partition coefficient (Wildman–Crippen LogP) is 2.50. The molecule has 2 aliphatic rings. The second-order valence-corrected chi connectivity index (χ2v) is 6.92. The molecule has 0 aromatic carbocycles. The molecule has 1 aromatic heterocycles. The summed E-state index contributed by atoms with van der Waals surface area (Å²) in [5.41, 5.74) is -0.181. The molecule has 5 heteroatoms. The molecule has 1 saturated carbocycles. The number of amides is 1. The molecule has 1 amide bonds. The number of rotatable bonds is 4. The van der Waals surface area contributed by atoms with Crippen molar-refractivity contribution in [2.24, 2.45) is 0 Å². The molecule has 0 spiro atoms. The number of pyridine rings is 1. The highest BCUT2D eigenvalue weighted by Gasteiger charge is 2.28. The summed E-state index contributed by atoms with van der Waals surface area (Å²) in [5.74, 6) is 0.796. The van der Waals surface area contributed by atoms with Gasteiger partial charge in [-0.15, -0.1) is 0 Å². The number of aromatic nitrogens is 1. The summed E-state index contributed by atoms with van der Waals surface area (Å²) >= 11 is 0. The van der Waals surface area contributed by atoms with E-state index in [-0.39, 0.29) is 5.91 Å². The van der Waals surface area contributed by atoms with E-state index in [4.69, 9.17) is 0 Å². The van der Waals surface area contributed by atoms with E-state index in [0.717, 1.165) is 44.6 Å². The van der Waals surface area contributed by atoms with Crippen molar-refractivity contribution in [1.82, 2.24) is 10.3 Å². The van der Waals surface area contributed by atoms with Crippen LogP contribution >= 0.6 is 0 Å². The third kappa shape index (κ3) is 4.22. The number of anilines is 1. The molecule has 0 unspecified atom stereocenters. The molecule has 1 saturated heterocycles. The van der Waals surface area contributed by atoms with E-state index in [1.807, 2.05) is 12.1 Å². The lowest BCUT2D eigenvalue weighted by Crippen LogP contribution is -2.42. The molecule has 5 nitrogen and oxygen atoms in total. The van der Waals surface area contributed by atoms with Crippen LogP contribution in [0, 0.1) is 0 Å². The molecule has 2 N–H and O–H groups in total. The first kappa shape index (κ1) is 16.2. The molecule has 3 rings (SSSR count). The van der Waals surface area contributed by atoms with Crippen molar-refractivity contribution in [2.75, 3.05) is 24.5 Å². The van der Waals surface area contributed by atoms with E-state index in [2.05, 4.69) is 15.2 Å². The van der Waals surface area contributed by atoms with Gasteiger partial charge in [-0.3, -0.25) is 4.79 Å². The highest BCUT2D eigenvalue weighted by molar-refractivity contribution is 5.94. The van der Waals surface area contributed by atoms with E-state index >= 15 is 0 Å². The van der Waals surface area contributed by atoms with Crippen molar-refractivity contribution in [3.63, 3.8) is 0 Å². The minimum atomic E-state index is -0.741. The van der Waals surface area contributed by atoms with Crippen LogP contribution in [0.3, 0.4) is 0 Å². The zero-order valence-corrected chi connectivity index (χ0v) is 13.8. The van der Waals surface area contributed by atoms with E-state index in [0.29, 0.717) is 12.1 Å². The molecule has 2 heterocycles. The van der Waals surface area contributed by atoms with Crippen molar-refractivity contribution < 1.29 is 9.90 Å². The maximum atomic E-state index is 12.3. The van der Waals surface area contributed by atoms with Crippen LogP contribution in [0.2, 0.25) is 0 Å². The second-order valence-electron chi connectivity index (χ2n) is 6.92. The maximum Gasteiger partial charge on any atom is 0.252 e. The first-order valence-electron chi connectivity index (χ1n) is 8.88. The number of carbonyl (C=O) groups excluding carboxylic acids is 1. The fourth-order valence-electron chi connectivity index (χ4n) is 3.56. The van der Waals surface area contributed by atoms with Gasteiger partial charge in [-0.1, -0.05) is 25.7 Å². The average Bonchev–Trinajstić information content (AvgIpc) is 3.02. The van der Waals surface area contributed by atoms with Crippen molar-refractivity contribution in [1.29, 1.82) is 0 Å². The normalized spacial score (nSPS) is 21.0. The monoisotopic (exact) mass is 317 g/mol. The molecule has 1 aliphatic carbocycles. The van der Waals surface area contributed by atoms with Gasteiger partial charge in [0.25, 0.3) is 5.91 Å². The van der Waals surface area contributed by atoms with Gasteiger partial charge in [-0.05, 0) is 37.8 Å². The van der Waals surface area contributed by atoms with E-state index in [1.165, 1.54) is 25.7 Å².